The molecule has 3 rings (SSSR count). The summed E-state index contributed by atoms with van der Waals surface area (Å²) in [5.74, 6) is 0. The molecule has 3 unspecified atom stereocenters. The van der Waals surface area contributed by atoms with E-state index in [-0.39, 0.29) is 0 Å². The van der Waals surface area contributed by atoms with Crippen molar-refractivity contribution in [1.29, 1.82) is 0 Å². The molecular formula is C16H18N2O5S. The number of nitrogens with two attached hydrogens (primary N) is 1. The third-order valence-corrected chi connectivity index (χ3v) is 4.63. The molecule has 0 radical (unpaired) electrons. The minimum absolute atomic E-state index is 0.487. The van der Waals surface area contributed by atoms with Gasteiger partial charge < -0.3 is 15.2 Å². The van der Waals surface area contributed by atoms with Gasteiger partial charge in [-0.25, -0.2) is 0 Å². The molecule has 8 heteroatoms. The Morgan fingerprint density at radius 1 is 1.04 bits per heavy atom. The van der Waals surface area contributed by atoms with Crippen molar-refractivity contribution in [2.45, 2.75) is 18.6 Å². The Hall–Kier alpha value is -1.97. The number of benzene rings is 2. The molecule has 1 aliphatic rings. The fraction of sp³-hybridized carbons (Fsp3) is 0.250. The maximum absolute atomic E-state index is 11.8. The lowest BCUT2D eigenvalue weighted by Crippen LogP contribution is -2.38. The molecule has 1 heterocycles. The normalized spacial score (nSPS) is 24.1. The molecule has 7 nitrogen and oxygen atoms in total. The van der Waals surface area contributed by atoms with E-state index in [0.717, 1.165) is 12.7 Å². The van der Waals surface area contributed by atoms with Crippen LogP contribution in [-0.2, 0) is 24.0 Å². The lowest BCUT2D eigenvalue weighted by atomic mass is 10.1. The van der Waals surface area contributed by atoms with E-state index in [1.54, 1.807) is 24.3 Å². The first-order valence-electron chi connectivity index (χ1n) is 7.28. The van der Waals surface area contributed by atoms with Gasteiger partial charge >= 0.3 is 10.3 Å². The van der Waals surface area contributed by atoms with Crippen LogP contribution in [0.5, 0.6) is 0 Å². The maximum Gasteiger partial charge on any atom is 0.337 e. The number of hydrogen-bond donors (Lipinski definition) is 2. The molecule has 2 aromatic carbocycles. The zero-order chi connectivity index (χ0) is 17.2. The number of ether oxygens (including phenoxy) is 2. The SMILES string of the molecule is COS(=O)(=O)NC1OC(c2ccccc2)OC1c1ccccc1N. The van der Waals surface area contributed by atoms with Crippen LogP contribution in [0.25, 0.3) is 0 Å². The van der Waals surface area contributed by atoms with Crippen LogP contribution in [0.1, 0.15) is 23.5 Å². The van der Waals surface area contributed by atoms with E-state index in [2.05, 4.69) is 8.91 Å². The zero-order valence-corrected chi connectivity index (χ0v) is 13.8. The topological polar surface area (TPSA) is 99.9 Å². The summed E-state index contributed by atoms with van der Waals surface area (Å²) in [7, 11) is -2.89. The van der Waals surface area contributed by atoms with Gasteiger partial charge in [-0.1, -0.05) is 48.5 Å². The van der Waals surface area contributed by atoms with Crippen LogP contribution < -0.4 is 10.5 Å². The van der Waals surface area contributed by atoms with Crippen LogP contribution in [0, 0.1) is 0 Å². The summed E-state index contributed by atoms with van der Waals surface area (Å²) < 4.78 is 42.0. The van der Waals surface area contributed by atoms with Gasteiger partial charge in [0.1, 0.15) is 6.10 Å². The quantitative estimate of drug-likeness (QED) is 0.799. The van der Waals surface area contributed by atoms with E-state index in [9.17, 15) is 8.42 Å². The molecule has 128 valence electrons. The predicted octanol–water partition coefficient (Wildman–Crippen LogP) is 1.86. The highest BCUT2D eigenvalue weighted by atomic mass is 32.2. The van der Waals surface area contributed by atoms with Gasteiger partial charge in [0.2, 0.25) is 0 Å². The Kier molecular flexibility index (Phi) is 4.83. The lowest BCUT2D eigenvalue weighted by Gasteiger charge is -2.18. The molecule has 0 aromatic heterocycles. The molecule has 3 atom stereocenters. The van der Waals surface area contributed by atoms with Crippen molar-refractivity contribution < 1.29 is 22.1 Å². The maximum atomic E-state index is 11.8. The Morgan fingerprint density at radius 2 is 1.71 bits per heavy atom. The number of para-hydroxylation sites is 1. The molecule has 2 aromatic rings. The van der Waals surface area contributed by atoms with Gasteiger partial charge in [0.25, 0.3) is 0 Å². The average Bonchev–Trinajstić information content (AvgIpc) is 2.99. The highest BCUT2D eigenvalue weighted by molar-refractivity contribution is 7.84. The molecule has 0 spiro atoms. The summed E-state index contributed by atoms with van der Waals surface area (Å²) in [4.78, 5) is 0. The average molecular weight is 350 g/mol. The molecular weight excluding hydrogens is 332 g/mol. The monoisotopic (exact) mass is 350 g/mol. The summed E-state index contributed by atoms with van der Waals surface area (Å²) >= 11 is 0. The van der Waals surface area contributed by atoms with E-state index in [1.807, 2.05) is 30.3 Å². The summed E-state index contributed by atoms with van der Waals surface area (Å²) in [6.45, 7) is 0. The van der Waals surface area contributed by atoms with Gasteiger partial charge in [0.05, 0.1) is 7.11 Å². The van der Waals surface area contributed by atoms with Crippen LogP contribution in [0.3, 0.4) is 0 Å². The lowest BCUT2D eigenvalue weighted by molar-refractivity contribution is -0.0703. The second kappa shape index (κ2) is 6.88. The van der Waals surface area contributed by atoms with Crippen LogP contribution in [0.2, 0.25) is 0 Å². The summed E-state index contributed by atoms with van der Waals surface area (Å²) in [5, 5.41) is 0. The van der Waals surface area contributed by atoms with Crippen LogP contribution in [0.4, 0.5) is 5.69 Å². The second-order valence-electron chi connectivity index (χ2n) is 5.22. The van der Waals surface area contributed by atoms with Crippen molar-refractivity contribution in [2.75, 3.05) is 12.8 Å². The van der Waals surface area contributed by atoms with Gasteiger partial charge in [-0.2, -0.15) is 13.1 Å². The smallest absolute Gasteiger partial charge is 0.337 e. The van der Waals surface area contributed by atoms with Gasteiger partial charge in [-0.3, -0.25) is 4.18 Å². The molecule has 1 saturated heterocycles. The first kappa shape index (κ1) is 16.9. The van der Waals surface area contributed by atoms with Crippen molar-refractivity contribution in [3.8, 4) is 0 Å². The number of anilines is 1. The number of nitrogen functional groups attached to an aromatic ring is 1. The number of nitrogens with one attached hydrogen (secondary N) is 1. The standard InChI is InChI=1S/C16H18N2O5S/c1-21-24(19,20)18-15-14(12-9-5-6-10-13(12)17)22-16(23-15)11-7-3-2-4-8-11/h2-10,14-16,18H,17H2,1H3. The highest BCUT2D eigenvalue weighted by Gasteiger charge is 2.41. The minimum atomic E-state index is -3.96. The molecule has 0 bridgehead atoms. The molecule has 1 aliphatic heterocycles. The molecule has 0 amide bonds. The third kappa shape index (κ3) is 3.58. The van der Waals surface area contributed by atoms with Crippen molar-refractivity contribution in [3.63, 3.8) is 0 Å². The van der Waals surface area contributed by atoms with Gasteiger partial charge in [-0.05, 0) is 6.07 Å². The highest BCUT2D eigenvalue weighted by Crippen LogP contribution is 2.40. The minimum Gasteiger partial charge on any atom is -0.398 e. The van der Waals surface area contributed by atoms with E-state index >= 15 is 0 Å². The first-order valence-corrected chi connectivity index (χ1v) is 8.69. The van der Waals surface area contributed by atoms with Gasteiger partial charge in [0, 0.05) is 16.8 Å². The fourth-order valence-corrected chi connectivity index (χ4v) is 3.05. The van der Waals surface area contributed by atoms with Crippen LogP contribution in [0.15, 0.2) is 54.6 Å². The van der Waals surface area contributed by atoms with Crippen LogP contribution >= 0.6 is 0 Å². The third-order valence-electron chi connectivity index (χ3n) is 3.67. The molecule has 24 heavy (non-hydrogen) atoms. The van der Waals surface area contributed by atoms with Crippen molar-refractivity contribution in [3.05, 3.63) is 65.7 Å². The fourth-order valence-electron chi connectivity index (χ4n) is 2.49. The zero-order valence-electron chi connectivity index (χ0n) is 13.0. The largest absolute Gasteiger partial charge is 0.398 e. The van der Waals surface area contributed by atoms with Crippen molar-refractivity contribution >= 4 is 16.0 Å². The Morgan fingerprint density at radius 3 is 2.38 bits per heavy atom. The van der Waals surface area contributed by atoms with Gasteiger partial charge in [0.15, 0.2) is 12.5 Å². The Bertz CT molecular complexity index is 797. The second-order valence-corrected chi connectivity index (χ2v) is 6.70. The summed E-state index contributed by atoms with van der Waals surface area (Å²) in [6, 6.07) is 16.3. The molecule has 0 aliphatic carbocycles. The summed E-state index contributed by atoms with van der Waals surface area (Å²) in [6.07, 6.45) is -2.40. The molecule has 1 fully saturated rings. The Balaban J connectivity index is 1.92. The number of hydrogen-bond acceptors (Lipinski definition) is 6. The molecule has 0 saturated carbocycles. The van der Waals surface area contributed by atoms with Crippen molar-refractivity contribution in [1.82, 2.24) is 4.72 Å². The number of rotatable bonds is 5. The van der Waals surface area contributed by atoms with E-state index in [1.165, 1.54) is 0 Å². The van der Waals surface area contributed by atoms with Crippen molar-refractivity contribution in [2.24, 2.45) is 0 Å². The Labute approximate surface area is 140 Å². The van der Waals surface area contributed by atoms with Gasteiger partial charge in [-0.15, -0.1) is 0 Å². The van der Waals surface area contributed by atoms with E-state index < -0.39 is 28.9 Å². The molecule has 3 N–H and O–H groups in total. The van der Waals surface area contributed by atoms with E-state index in [0.29, 0.717) is 11.3 Å². The summed E-state index contributed by atoms with van der Waals surface area (Å²) in [5.41, 5.74) is 7.90. The van der Waals surface area contributed by atoms with E-state index in [4.69, 9.17) is 15.2 Å². The van der Waals surface area contributed by atoms with Crippen LogP contribution in [-0.4, -0.2) is 21.8 Å². The predicted molar refractivity (Wildman–Crippen MR) is 87.8 cm³/mol. The first-order chi connectivity index (χ1) is 11.5.